The van der Waals surface area contributed by atoms with Gasteiger partial charge in [-0.05, 0) is 55.3 Å². The van der Waals surface area contributed by atoms with Crippen molar-refractivity contribution in [3.05, 3.63) is 101 Å². The molecule has 7 nitrogen and oxygen atoms in total. The number of aliphatic hydroxyl groups excluding tert-OH is 1. The van der Waals surface area contributed by atoms with Gasteiger partial charge < -0.3 is 24.5 Å². The standard InChI is InChI=1S/C30H28N2O5/c1-18(2)37-21-13-11-19(12-14-21)17-32-27(20-7-6-8-22(15-20)36-3)26(29(34)30(32)35)28(33)24-16-31-25-10-5-4-9-23(24)25/h4-16,18,27,31,33H,17H2,1-3H3/b28-26-. The Bertz CT molecular complexity index is 1500. The number of amides is 1. The Balaban J connectivity index is 1.61. The van der Waals surface area contributed by atoms with Gasteiger partial charge in [0.05, 0.1) is 24.8 Å². The first-order valence-corrected chi connectivity index (χ1v) is 12.1. The maximum absolute atomic E-state index is 13.4. The number of hydrogen-bond acceptors (Lipinski definition) is 5. The molecule has 0 bridgehead atoms. The smallest absolute Gasteiger partial charge is 0.295 e. The fourth-order valence-electron chi connectivity index (χ4n) is 4.76. The molecule has 4 aromatic rings. The van der Waals surface area contributed by atoms with E-state index in [1.54, 1.807) is 31.5 Å². The number of likely N-dealkylation sites (tertiary alicyclic amines) is 1. The van der Waals surface area contributed by atoms with Crippen molar-refractivity contribution in [2.75, 3.05) is 7.11 Å². The molecule has 0 spiro atoms. The van der Waals surface area contributed by atoms with Gasteiger partial charge in [0.25, 0.3) is 11.7 Å². The topological polar surface area (TPSA) is 91.9 Å². The monoisotopic (exact) mass is 496 g/mol. The molecule has 1 amide bonds. The van der Waals surface area contributed by atoms with Crippen LogP contribution in [0, 0.1) is 0 Å². The lowest BCUT2D eigenvalue weighted by Crippen LogP contribution is -2.29. The van der Waals surface area contributed by atoms with Crippen LogP contribution in [0.4, 0.5) is 0 Å². The minimum Gasteiger partial charge on any atom is -0.507 e. The van der Waals surface area contributed by atoms with E-state index < -0.39 is 17.7 Å². The number of Topliss-reactive ketones (excluding diaryl/α,β-unsaturated/α-hetero) is 1. The number of aromatic amines is 1. The van der Waals surface area contributed by atoms with Crippen LogP contribution in [0.15, 0.2) is 84.6 Å². The summed E-state index contributed by atoms with van der Waals surface area (Å²) in [7, 11) is 1.56. The van der Waals surface area contributed by atoms with E-state index in [9.17, 15) is 14.7 Å². The summed E-state index contributed by atoms with van der Waals surface area (Å²) in [4.78, 5) is 31.4. The molecule has 188 valence electrons. The molecule has 1 atom stereocenters. The first-order chi connectivity index (χ1) is 17.9. The molecule has 5 rings (SSSR count). The summed E-state index contributed by atoms with van der Waals surface area (Å²) in [6.07, 6.45) is 1.70. The Morgan fingerprint density at radius 1 is 1.00 bits per heavy atom. The van der Waals surface area contributed by atoms with E-state index in [4.69, 9.17) is 9.47 Å². The molecule has 37 heavy (non-hydrogen) atoms. The molecular formula is C30H28N2O5. The number of carbonyl (C=O) groups excluding carboxylic acids is 2. The van der Waals surface area contributed by atoms with Gasteiger partial charge in [-0.3, -0.25) is 9.59 Å². The van der Waals surface area contributed by atoms with Crippen LogP contribution in [-0.4, -0.2) is 39.9 Å². The maximum atomic E-state index is 13.4. The highest BCUT2D eigenvalue weighted by molar-refractivity contribution is 6.46. The van der Waals surface area contributed by atoms with Crippen LogP contribution >= 0.6 is 0 Å². The summed E-state index contributed by atoms with van der Waals surface area (Å²) in [6, 6.07) is 21.3. The number of ether oxygens (including phenoxy) is 2. The molecule has 1 saturated heterocycles. The van der Waals surface area contributed by atoms with Crippen molar-refractivity contribution >= 4 is 28.4 Å². The zero-order valence-corrected chi connectivity index (χ0v) is 20.9. The van der Waals surface area contributed by atoms with Crippen LogP contribution < -0.4 is 9.47 Å². The first kappa shape index (κ1) is 24.2. The summed E-state index contributed by atoms with van der Waals surface area (Å²) in [5.41, 5.74) is 2.83. The average molecular weight is 497 g/mol. The van der Waals surface area contributed by atoms with Crippen molar-refractivity contribution in [1.82, 2.24) is 9.88 Å². The predicted octanol–water partition coefficient (Wildman–Crippen LogP) is 5.59. The van der Waals surface area contributed by atoms with E-state index in [0.717, 1.165) is 22.2 Å². The summed E-state index contributed by atoms with van der Waals surface area (Å²) in [5.74, 6) is -0.297. The number of hydrogen-bond donors (Lipinski definition) is 2. The van der Waals surface area contributed by atoms with Crippen molar-refractivity contribution in [3.8, 4) is 11.5 Å². The van der Waals surface area contributed by atoms with Gasteiger partial charge in [0, 0.05) is 29.2 Å². The highest BCUT2D eigenvalue weighted by atomic mass is 16.5. The lowest BCUT2D eigenvalue weighted by Gasteiger charge is -2.26. The second-order valence-electron chi connectivity index (χ2n) is 9.26. The van der Waals surface area contributed by atoms with Crippen molar-refractivity contribution < 1.29 is 24.2 Å². The number of H-pyrrole nitrogens is 1. The van der Waals surface area contributed by atoms with Crippen LogP contribution in [0.3, 0.4) is 0 Å². The second-order valence-corrected chi connectivity index (χ2v) is 9.26. The van der Waals surface area contributed by atoms with Gasteiger partial charge in [0.2, 0.25) is 0 Å². The lowest BCUT2D eigenvalue weighted by molar-refractivity contribution is -0.140. The summed E-state index contributed by atoms with van der Waals surface area (Å²) in [6.45, 7) is 4.09. The molecule has 2 N–H and O–H groups in total. The molecule has 0 saturated carbocycles. The van der Waals surface area contributed by atoms with Gasteiger partial charge in [-0.2, -0.15) is 0 Å². The Morgan fingerprint density at radius 3 is 2.49 bits per heavy atom. The fourth-order valence-corrected chi connectivity index (χ4v) is 4.76. The zero-order valence-electron chi connectivity index (χ0n) is 20.9. The van der Waals surface area contributed by atoms with Crippen LogP contribution in [0.2, 0.25) is 0 Å². The van der Waals surface area contributed by atoms with Crippen molar-refractivity contribution in [3.63, 3.8) is 0 Å². The van der Waals surface area contributed by atoms with Crippen LogP contribution in [0.25, 0.3) is 16.7 Å². The Labute approximate surface area is 214 Å². The molecule has 0 aliphatic carbocycles. The fraction of sp³-hybridized carbons (Fsp3) is 0.200. The van der Waals surface area contributed by atoms with Crippen LogP contribution in [0.1, 0.15) is 36.6 Å². The van der Waals surface area contributed by atoms with E-state index in [1.807, 2.05) is 68.4 Å². The minimum atomic E-state index is -0.796. The molecule has 7 heteroatoms. The van der Waals surface area contributed by atoms with Crippen molar-refractivity contribution in [2.24, 2.45) is 0 Å². The Morgan fingerprint density at radius 2 is 1.76 bits per heavy atom. The number of methoxy groups -OCH3 is 1. The first-order valence-electron chi connectivity index (χ1n) is 12.1. The Hall–Kier alpha value is -4.52. The number of ketones is 1. The average Bonchev–Trinajstić information content (AvgIpc) is 3.44. The van der Waals surface area contributed by atoms with Crippen molar-refractivity contribution in [1.29, 1.82) is 0 Å². The van der Waals surface area contributed by atoms with Gasteiger partial charge >= 0.3 is 0 Å². The molecule has 1 unspecified atom stereocenters. The number of fused-ring (bicyclic) bond motifs is 1. The molecule has 3 aromatic carbocycles. The quantitative estimate of drug-likeness (QED) is 0.198. The maximum Gasteiger partial charge on any atom is 0.295 e. The van der Waals surface area contributed by atoms with Gasteiger partial charge in [0.15, 0.2) is 0 Å². The molecular weight excluding hydrogens is 468 g/mol. The second kappa shape index (κ2) is 9.85. The molecule has 0 radical (unpaired) electrons. The highest BCUT2D eigenvalue weighted by Gasteiger charge is 2.46. The third kappa shape index (κ3) is 4.56. The third-order valence-electron chi connectivity index (χ3n) is 6.44. The summed E-state index contributed by atoms with van der Waals surface area (Å²) < 4.78 is 11.1. The van der Waals surface area contributed by atoms with E-state index in [-0.39, 0.29) is 24.0 Å². The molecule has 1 aromatic heterocycles. The van der Waals surface area contributed by atoms with Crippen LogP contribution in [-0.2, 0) is 16.1 Å². The van der Waals surface area contributed by atoms with E-state index >= 15 is 0 Å². The minimum absolute atomic E-state index is 0.0428. The molecule has 2 heterocycles. The molecule has 1 aliphatic heterocycles. The zero-order chi connectivity index (χ0) is 26.1. The summed E-state index contributed by atoms with van der Waals surface area (Å²) in [5, 5.41) is 12.2. The number of nitrogens with one attached hydrogen (secondary N) is 1. The van der Waals surface area contributed by atoms with E-state index in [0.29, 0.717) is 16.9 Å². The van der Waals surface area contributed by atoms with Gasteiger partial charge in [0.1, 0.15) is 17.3 Å². The predicted molar refractivity (Wildman–Crippen MR) is 141 cm³/mol. The number of aliphatic hydroxyl groups is 1. The lowest BCUT2D eigenvalue weighted by atomic mass is 9.95. The van der Waals surface area contributed by atoms with Crippen LogP contribution in [0.5, 0.6) is 11.5 Å². The largest absolute Gasteiger partial charge is 0.507 e. The number of nitrogens with zero attached hydrogens (tertiary/aromatic N) is 1. The van der Waals surface area contributed by atoms with Crippen molar-refractivity contribution in [2.45, 2.75) is 32.5 Å². The third-order valence-corrected chi connectivity index (χ3v) is 6.44. The normalized spacial score (nSPS) is 17.1. The Kier molecular flexibility index (Phi) is 6.44. The number of aromatic nitrogens is 1. The number of rotatable bonds is 7. The van der Waals surface area contributed by atoms with E-state index in [2.05, 4.69) is 4.98 Å². The highest BCUT2D eigenvalue weighted by Crippen LogP contribution is 2.42. The SMILES string of the molecule is COc1cccc(C2/C(=C(/O)c3c[nH]c4ccccc34)C(=O)C(=O)N2Cc2ccc(OC(C)C)cc2)c1. The van der Waals surface area contributed by atoms with E-state index in [1.165, 1.54) is 4.90 Å². The number of para-hydroxylation sites is 1. The number of benzene rings is 3. The number of carbonyl (C=O) groups is 2. The summed E-state index contributed by atoms with van der Waals surface area (Å²) >= 11 is 0. The van der Waals surface area contributed by atoms with Gasteiger partial charge in [-0.15, -0.1) is 0 Å². The van der Waals surface area contributed by atoms with Gasteiger partial charge in [-0.1, -0.05) is 42.5 Å². The molecule has 1 aliphatic rings. The van der Waals surface area contributed by atoms with Gasteiger partial charge in [-0.25, -0.2) is 0 Å². The molecule has 1 fully saturated rings.